The molecule has 1 aromatic heterocycles. The van der Waals surface area contributed by atoms with Crippen LogP contribution < -0.4 is 5.32 Å². The number of aromatic nitrogens is 2. The average molecular weight is 227 g/mol. The Labute approximate surface area is 94.8 Å². The Morgan fingerprint density at radius 1 is 1.73 bits per heavy atom. The molecule has 15 heavy (non-hydrogen) atoms. The number of hydrogen-bond acceptors (Lipinski definition) is 3. The SMILES string of the molecule is CCNC(C#N)CCn1cc(Cl)c(C)n1. The standard InChI is InChI=1S/C10H15ClN4/c1-3-13-9(6-12)4-5-15-7-10(11)8(2)14-15/h7,9,13H,3-5H2,1-2H3. The smallest absolute Gasteiger partial charge is 0.0970 e. The van der Waals surface area contributed by atoms with Gasteiger partial charge >= 0.3 is 0 Å². The van der Waals surface area contributed by atoms with Gasteiger partial charge in [0, 0.05) is 12.7 Å². The Hall–Kier alpha value is -1.05. The lowest BCUT2D eigenvalue weighted by molar-refractivity contribution is 0.500. The summed E-state index contributed by atoms with van der Waals surface area (Å²) in [5.74, 6) is 0. The van der Waals surface area contributed by atoms with Crippen LogP contribution in [0.25, 0.3) is 0 Å². The summed E-state index contributed by atoms with van der Waals surface area (Å²) >= 11 is 5.88. The molecule has 1 N–H and O–H groups in total. The molecule has 0 amide bonds. The van der Waals surface area contributed by atoms with E-state index in [0.717, 1.165) is 18.7 Å². The third kappa shape index (κ3) is 3.54. The van der Waals surface area contributed by atoms with Crippen molar-refractivity contribution in [2.24, 2.45) is 0 Å². The molecular formula is C10H15ClN4. The lowest BCUT2D eigenvalue weighted by Crippen LogP contribution is -2.28. The molecule has 0 aliphatic rings. The highest BCUT2D eigenvalue weighted by atomic mass is 35.5. The number of nitrogens with one attached hydrogen (secondary N) is 1. The van der Waals surface area contributed by atoms with E-state index in [0.29, 0.717) is 11.6 Å². The van der Waals surface area contributed by atoms with E-state index in [1.165, 1.54) is 0 Å². The van der Waals surface area contributed by atoms with Gasteiger partial charge in [-0.1, -0.05) is 18.5 Å². The van der Waals surface area contributed by atoms with Crippen LogP contribution in [0.15, 0.2) is 6.20 Å². The van der Waals surface area contributed by atoms with Gasteiger partial charge in [0.25, 0.3) is 0 Å². The zero-order valence-corrected chi connectivity index (χ0v) is 9.75. The number of rotatable bonds is 5. The quantitative estimate of drug-likeness (QED) is 0.832. The van der Waals surface area contributed by atoms with Crippen molar-refractivity contribution in [2.45, 2.75) is 32.9 Å². The minimum atomic E-state index is -0.113. The first-order valence-corrected chi connectivity index (χ1v) is 5.37. The van der Waals surface area contributed by atoms with Gasteiger partial charge in [-0.25, -0.2) is 0 Å². The molecule has 1 rings (SSSR count). The minimum Gasteiger partial charge on any atom is -0.302 e. The van der Waals surface area contributed by atoms with E-state index in [9.17, 15) is 0 Å². The lowest BCUT2D eigenvalue weighted by Gasteiger charge is -2.08. The highest BCUT2D eigenvalue weighted by Gasteiger charge is 2.07. The monoisotopic (exact) mass is 226 g/mol. The number of nitrogens with zero attached hydrogens (tertiary/aromatic N) is 3. The normalized spacial score (nSPS) is 12.4. The van der Waals surface area contributed by atoms with Gasteiger partial charge in [0.2, 0.25) is 0 Å². The van der Waals surface area contributed by atoms with E-state index < -0.39 is 0 Å². The molecule has 4 nitrogen and oxygen atoms in total. The van der Waals surface area contributed by atoms with E-state index in [1.807, 2.05) is 13.8 Å². The zero-order valence-electron chi connectivity index (χ0n) is 9.00. The van der Waals surface area contributed by atoms with Crippen LogP contribution in [0.5, 0.6) is 0 Å². The molecule has 5 heteroatoms. The Bertz CT molecular complexity index is 333. The first-order chi connectivity index (χ1) is 7.17. The van der Waals surface area contributed by atoms with Gasteiger partial charge in [-0.15, -0.1) is 0 Å². The van der Waals surface area contributed by atoms with Gasteiger partial charge in [-0.2, -0.15) is 10.4 Å². The maximum absolute atomic E-state index is 8.83. The molecule has 0 bridgehead atoms. The maximum Gasteiger partial charge on any atom is 0.0970 e. The third-order valence-electron chi connectivity index (χ3n) is 2.14. The maximum atomic E-state index is 8.83. The van der Waals surface area contributed by atoms with Crippen LogP contribution in [0.1, 0.15) is 19.0 Å². The van der Waals surface area contributed by atoms with Crippen LogP contribution in [0, 0.1) is 18.3 Å². The third-order valence-corrected chi connectivity index (χ3v) is 2.51. The number of halogens is 1. The van der Waals surface area contributed by atoms with Crippen molar-refractivity contribution < 1.29 is 0 Å². The van der Waals surface area contributed by atoms with Gasteiger partial charge in [0.15, 0.2) is 0 Å². The van der Waals surface area contributed by atoms with Crippen molar-refractivity contribution in [1.82, 2.24) is 15.1 Å². The van der Waals surface area contributed by atoms with Crippen LogP contribution in [0.3, 0.4) is 0 Å². The van der Waals surface area contributed by atoms with Crippen molar-refractivity contribution >= 4 is 11.6 Å². The Kier molecular flexibility index (Phi) is 4.60. The van der Waals surface area contributed by atoms with E-state index in [1.54, 1.807) is 10.9 Å². The Morgan fingerprint density at radius 2 is 2.47 bits per heavy atom. The van der Waals surface area contributed by atoms with E-state index in [2.05, 4.69) is 16.5 Å². The second-order valence-corrected chi connectivity index (χ2v) is 3.76. The largest absolute Gasteiger partial charge is 0.302 e. The molecule has 1 atom stereocenters. The molecule has 0 aliphatic carbocycles. The molecule has 1 aromatic rings. The van der Waals surface area contributed by atoms with Gasteiger partial charge < -0.3 is 5.32 Å². The summed E-state index contributed by atoms with van der Waals surface area (Å²) in [5.41, 5.74) is 0.827. The molecule has 0 aromatic carbocycles. The average Bonchev–Trinajstić information content (AvgIpc) is 2.53. The minimum absolute atomic E-state index is 0.113. The molecule has 0 spiro atoms. The first kappa shape index (κ1) is 12.0. The zero-order chi connectivity index (χ0) is 11.3. The predicted octanol–water partition coefficient (Wildman–Crippen LogP) is 1.74. The molecular weight excluding hydrogens is 212 g/mol. The van der Waals surface area contributed by atoms with E-state index in [4.69, 9.17) is 16.9 Å². The molecule has 82 valence electrons. The fourth-order valence-corrected chi connectivity index (χ4v) is 1.48. The molecule has 0 saturated heterocycles. The van der Waals surface area contributed by atoms with Crippen molar-refractivity contribution in [3.63, 3.8) is 0 Å². The summed E-state index contributed by atoms with van der Waals surface area (Å²) < 4.78 is 1.78. The van der Waals surface area contributed by atoms with Gasteiger partial charge in [0.1, 0.15) is 0 Å². The predicted molar refractivity (Wildman–Crippen MR) is 59.7 cm³/mol. The molecule has 0 radical (unpaired) electrons. The van der Waals surface area contributed by atoms with Crippen LogP contribution in [0.2, 0.25) is 5.02 Å². The lowest BCUT2D eigenvalue weighted by atomic mass is 10.2. The number of aryl methyl sites for hydroxylation is 2. The summed E-state index contributed by atoms with van der Waals surface area (Å²) in [6.45, 7) is 5.36. The molecule has 1 heterocycles. The Balaban J connectivity index is 2.46. The topological polar surface area (TPSA) is 53.6 Å². The summed E-state index contributed by atoms with van der Waals surface area (Å²) in [4.78, 5) is 0. The highest BCUT2D eigenvalue weighted by Crippen LogP contribution is 2.12. The highest BCUT2D eigenvalue weighted by molar-refractivity contribution is 6.31. The second kappa shape index (κ2) is 5.74. The Morgan fingerprint density at radius 3 is 2.93 bits per heavy atom. The fourth-order valence-electron chi connectivity index (χ4n) is 1.33. The van der Waals surface area contributed by atoms with Crippen molar-refractivity contribution in [3.05, 3.63) is 16.9 Å². The van der Waals surface area contributed by atoms with Crippen molar-refractivity contribution in [3.8, 4) is 6.07 Å². The number of nitriles is 1. The molecule has 0 fully saturated rings. The van der Waals surface area contributed by atoms with Crippen LogP contribution in [-0.2, 0) is 6.54 Å². The molecule has 0 saturated carbocycles. The van der Waals surface area contributed by atoms with Crippen LogP contribution in [0.4, 0.5) is 0 Å². The van der Waals surface area contributed by atoms with Gasteiger partial charge in [0.05, 0.1) is 22.8 Å². The van der Waals surface area contributed by atoms with Crippen molar-refractivity contribution in [2.75, 3.05) is 6.54 Å². The molecule has 0 aliphatic heterocycles. The van der Waals surface area contributed by atoms with Gasteiger partial charge in [-0.05, 0) is 19.9 Å². The van der Waals surface area contributed by atoms with Crippen LogP contribution >= 0.6 is 11.6 Å². The second-order valence-electron chi connectivity index (χ2n) is 3.35. The molecule has 1 unspecified atom stereocenters. The van der Waals surface area contributed by atoms with Crippen LogP contribution in [-0.4, -0.2) is 22.4 Å². The van der Waals surface area contributed by atoms with Gasteiger partial charge in [-0.3, -0.25) is 4.68 Å². The summed E-state index contributed by atoms with van der Waals surface area (Å²) in [6, 6.07) is 2.10. The number of hydrogen-bond donors (Lipinski definition) is 1. The summed E-state index contributed by atoms with van der Waals surface area (Å²) in [6.07, 6.45) is 2.53. The summed E-state index contributed by atoms with van der Waals surface area (Å²) in [7, 11) is 0. The van der Waals surface area contributed by atoms with E-state index in [-0.39, 0.29) is 6.04 Å². The first-order valence-electron chi connectivity index (χ1n) is 5.00. The van der Waals surface area contributed by atoms with E-state index >= 15 is 0 Å². The fraction of sp³-hybridized carbons (Fsp3) is 0.600. The summed E-state index contributed by atoms with van der Waals surface area (Å²) in [5, 5.41) is 16.8. The van der Waals surface area contributed by atoms with Crippen molar-refractivity contribution in [1.29, 1.82) is 5.26 Å².